The van der Waals surface area contributed by atoms with Gasteiger partial charge in [0.15, 0.2) is 31.1 Å². The fraction of sp³-hybridized carbons (Fsp3) is 0.946. The highest BCUT2D eigenvalue weighted by molar-refractivity contribution is 5.73. The quantitative estimate of drug-likeness (QED) is 0.0511. The van der Waals surface area contributed by atoms with Crippen molar-refractivity contribution in [2.75, 3.05) is 6.61 Å². The van der Waals surface area contributed by atoms with E-state index in [1.807, 2.05) is 6.92 Å². The lowest BCUT2D eigenvalue weighted by molar-refractivity contribution is -0.379. The lowest BCUT2D eigenvalue weighted by Crippen LogP contribution is -2.67. The molecule has 0 aliphatic carbocycles. The fourth-order valence-electron chi connectivity index (χ4n) is 6.84. The minimum absolute atomic E-state index is 0.0720. The second-order valence-corrected chi connectivity index (χ2v) is 15.2. The molecular weight excluding hydrogens is 732 g/mol. The number of hydrogen-bond acceptors (Lipinski definition) is 18. The monoisotopic (exact) mass is 798 g/mol. The Balaban J connectivity index is 1.83. The average molecular weight is 799 g/mol. The van der Waals surface area contributed by atoms with Crippen molar-refractivity contribution in [2.45, 2.75) is 210 Å². The van der Waals surface area contributed by atoms with Gasteiger partial charge in [0.2, 0.25) is 0 Å². The van der Waals surface area contributed by atoms with Crippen LogP contribution in [-0.2, 0) is 42.7 Å². The van der Waals surface area contributed by atoms with Crippen molar-refractivity contribution < 1.29 is 88.7 Å². The van der Waals surface area contributed by atoms with E-state index < -0.39 is 123 Å². The molecular formula is C37H66O18. The van der Waals surface area contributed by atoms with E-state index >= 15 is 0 Å². The Labute approximate surface area is 322 Å². The Morgan fingerprint density at radius 2 is 1.24 bits per heavy atom. The van der Waals surface area contributed by atoms with E-state index in [9.17, 15) is 55.5 Å². The number of carbonyl (C=O) groups excluding carboxylic acids is 2. The summed E-state index contributed by atoms with van der Waals surface area (Å²) in [6.45, 7) is 6.97. The van der Waals surface area contributed by atoms with E-state index in [1.165, 1.54) is 27.7 Å². The number of unbranched alkanes of at least 4 members (excludes halogenated alkanes) is 6. The normalized spacial score (nSPS) is 38.5. The first-order valence-electron chi connectivity index (χ1n) is 19.7. The molecule has 1 unspecified atom stereocenters. The maximum absolute atomic E-state index is 13.5. The van der Waals surface area contributed by atoms with Crippen LogP contribution < -0.4 is 0 Å². The molecule has 0 saturated carbocycles. The third-order valence-electron chi connectivity index (χ3n) is 10.6. The van der Waals surface area contributed by atoms with Gasteiger partial charge in [0.1, 0.15) is 48.8 Å². The summed E-state index contributed by atoms with van der Waals surface area (Å²) in [4.78, 5) is 26.6. The van der Waals surface area contributed by atoms with Crippen LogP contribution in [0, 0.1) is 5.92 Å². The van der Waals surface area contributed by atoms with Crippen molar-refractivity contribution in [2.24, 2.45) is 5.92 Å². The summed E-state index contributed by atoms with van der Waals surface area (Å²) in [5, 5.41) is 93.3. The van der Waals surface area contributed by atoms with Gasteiger partial charge in [0, 0.05) is 6.42 Å². The molecule has 55 heavy (non-hydrogen) atoms. The van der Waals surface area contributed by atoms with Crippen LogP contribution >= 0.6 is 0 Å². The Bertz CT molecular complexity index is 1130. The minimum Gasteiger partial charge on any atom is -0.456 e. The molecule has 3 heterocycles. The van der Waals surface area contributed by atoms with Gasteiger partial charge in [-0.1, -0.05) is 51.9 Å². The van der Waals surface area contributed by atoms with Crippen LogP contribution in [0.4, 0.5) is 0 Å². The van der Waals surface area contributed by atoms with Crippen LogP contribution in [0.25, 0.3) is 0 Å². The molecule has 0 spiro atoms. The summed E-state index contributed by atoms with van der Waals surface area (Å²) in [7, 11) is 0. The summed E-state index contributed by atoms with van der Waals surface area (Å²) in [6, 6.07) is 0. The van der Waals surface area contributed by atoms with Gasteiger partial charge in [-0.15, -0.1) is 0 Å². The summed E-state index contributed by atoms with van der Waals surface area (Å²) >= 11 is 0. The molecule has 0 bridgehead atoms. The molecule has 18 heteroatoms. The number of rotatable bonds is 21. The Morgan fingerprint density at radius 1 is 0.636 bits per heavy atom. The summed E-state index contributed by atoms with van der Waals surface area (Å²) in [5.41, 5.74) is 0. The number of hydrogen-bond donors (Lipinski definition) is 9. The van der Waals surface area contributed by atoms with E-state index in [1.54, 1.807) is 0 Å². The Kier molecular flexibility index (Phi) is 20.1. The number of aliphatic hydroxyl groups is 9. The van der Waals surface area contributed by atoms with Crippen molar-refractivity contribution in [1.82, 2.24) is 0 Å². The van der Waals surface area contributed by atoms with E-state index in [0.29, 0.717) is 12.8 Å². The van der Waals surface area contributed by atoms with Crippen LogP contribution in [0.2, 0.25) is 0 Å². The number of ether oxygens (including phenoxy) is 7. The average Bonchev–Trinajstić information content (AvgIpc) is 3.14. The smallest absolute Gasteiger partial charge is 0.311 e. The van der Waals surface area contributed by atoms with Crippen molar-refractivity contribution in [3.05, 3.63) is 0 Å². The Hall–Kier alpha value is -1.62. The van der Waals surface area contributed by atoms with Gasteiger partial charge in [-0.05, 0) is 47.0 Å². The molecule has 3 rings (SSSR count). The number of aliphatic hydroxyl groups excluding tert-OH is 9. The highest BCUT2D eigenvalue weighted by Crippen LogP contribution is 2.35. The van der Waals surface area contributed by atoms with Crippen molar-refractivity contribution >= 4 is 11.9 Å². The van der Waals surface area contributed by atoms with E-state index in [-0.39, 0.29) is 12.5 Å². The van der Waals surface area contributed by atoms with Gasteiger partial charge >= 0.3 is 11.9 Å². The molecule has 322 valence electrons. The minimum atomic E-state index is -1.91. The summed E-state index contributed by atoms with van der Waals surface area (Å²) in [5.74, 6) is -2.67. The predicted molar refractivity (Wildman–Crippen MR) is 189 cm³/mol. The first kappa shape index (κ1) is 47.8. The van der Waals surface area contributed by atoms with Gasteiger partial charge in [-0.2, -0.15) is 0 Å². The molecule has 3 fully saturated rings. The molecule has 18 nitrogen and oxygen atoms in total. The van der Waals surface area contributed by atoms with Gasteiger partial charge in [-0.3, -0.25) is 9.59 Å². The third kappa shape index (κ3) is 13.5. The SMILES string of the molecule is CCC[C@H](O)CCCCCCCCCC(=O)O[C@H]1[C@H](O[C@H]2C(O)O[C@H](CO)[C@@H](O)[C@@H]2O)O[C@@H](C)[C@H](OC(=O)[C@H](C)[C@@H](C)O)[C@H]1O[C@@H]1O[C@@H](C)[C@H](O)[C@@H](O)[C@H]1O. The second kappa shape index (κ2) is 23.1. The molecule has 9 N–H and O–H groups in total. The molecule has 18 atom stereocenters. The molecule has 0 aromatic rings. The van der Waals surface area contributed by atoms with Gasteiger partial charge in [0.25, 0.3) is 0 Å². The maximum Gasteiger partial charge on any atom is 0.311 e. The molecule has 0 aromatic carbocycles. The largest absolute Gasteiger partial charge is 0.456 e. The van der Waals surface area contributed by atoms with Crippen LogP contribution in [0.15, 0.2) is 0 Å². The zero-order chi connectivity index (χ0) is 41.0. The van der Waals surface area contributed by atoms with Crippen LogP contribution in [-0.4, -0.2) is 169 Å². The lowest BCUT2D eigenvalue weighted by atomic mass is 9.96. The highest BCUT2D eigenvalue weighted by Gasteiger charge is 2.56. The second-order valence-electron chi connectivity index (χ2n) is 15.2. The zero-order valence-corrected chi connectivity index (χ0v) is 32.6. The van der Waals surface area contributed by atoms with Gasteiger partial charge in [0.05, 0.1) is 36.9 Å². The van der Waals surface area contributed by atoms with Gasteiger partial charge < -0.3 is 79.1 Å². The topological polar surface area (TPSA) is 281 Å². The Morgan fingerprint density at radius 3 is 1.85 bits per heavy atom. The lowest BCUT2D eigenvalue weighted by Gasteiger charge is -2.49. The fourth-order valence-corrected chi connectivity index (χ4v) is 6.84. The molecule has 0 radical (unpaired) electrons. The first-order chi connectivity index (χ1) is 26.0. The maximum atomic E-state index is 13.5. The van der Waals surface area contributed by atoms with Crippen molar-refractivity contribution in [3.8, 4) is 0 Å². The summed E-state index contributed by atoms with van der Waals surface area (Å²) in [6.07, 6.45) is -17.0. The van der Waals surface area contributed by atoms with E-state index in [0.717, 1.165) is 51.4 Å². The summed E-state index contributed by atoms with van der Waals surface area (Å²) < 4.78 is 40.6. The molecule has 0 amide bonds. The van der Waals surface area contributed by atoms with Crippen molar-refractivity contribution in [3.63, 3.8) is 0 Å². The number of carbonyl (C=O) groups is 2. The van der Waals surface area contributed by atoms with E-state index in [2.05, 4.69) is 0 Å². The van der Waals surface area contributed by atoms with E-state index in [4.69, 9.17) is 33.2 Å². The number of esters is 2. The van der Waals surface area contributed by atoms with Crippen molar-refractivity contribution in [1.29, 1.82) is 0 Å². The van der Waals surface area contributed by atoms with Crippen LogP contribution in [0.3, 0.4) is 0 Å². The predicted octanol–water partition coefficient (Wildman–Crippen LogP) is -0.727. The molecule has 3 aliphatic heterocycles. The standard InChI is InChI=1S/C37H66O18/c1-6-14-22(40)15-12-10-8-7-9-11-13-16-24(41)52-33-32(55-36-29(46)27(44)25(42)20(4)49-36)30(53-34(47)18(2)19(3)39)21(5)50-37(33)54-31-28(45)26(43)23(17-38)51-35(31)48/h18-23,25-33,35-40,42-46,48H,6-17H2,1-5H3/t18-,19-,20+,21+,22+,23-,25+,26-,27-,28+,29-,30+,31-,32-,33-,35?,36+,37+/m1/s1. The van der Waals surface area contributed by atoms with Crippen LogP contribution in [0.5, 0.6) is 0 Å². The molecule has 3 aliphatic rings. The van der Waals surface area contributed by atoms with Crippen LogP contribution in [0.1, 0.15) is 105 Å². The first-order valence-corrected chi connectivity index (χ1v) is 19.7. The molecule has 0 aromatic heterocycles. The highest BCUT2D eigenvalue weighted by atomic mass is 16.8. The third-order valence-corrected chi connectivity index (χ3v) is 10.6. The van der Waals surface area contributed by atoms with Gasteiger partial charge in [-0.25, -0.2) is 0 Å². The molecule has 3 saturated heterocycles. The zero-order valence-electron chi connectivity index (χ0n) is 32.6.